The molecule has 1 saturated heterocycles. The maximum absolute atomic E-state index is 11.2. The van der Waals surface area contributed by atoms with Crippen LogP contribution in [0, 0.1) is 11.8 Å². The van der Waals surface area contributed by atoms with E-state index in [0.717, 1.165) is 38.1 Å². The van der Waals surface area contributed by atoms with Crippen molar-refractivity contribution in [3.63, 3.8) is 0 Å². The van der Waals surface area contributed by atoms with Crippen LogP contribution in [0.25, 0.3) is 0 Å². The molecule has 0 radical (unpaired) electrons. The molecule has 0 aromatic rings. The van der Waals surface area contributed by atoms with Crippen LogP contribution in [0.4, 0.5) is 0 Å². The fourth-order valence-electron chi connectivity index (χ4n) is 2.01. The van der Waals surface area contributed by atoms with E-state index in [9.17, 15) is 4.79 Å². The lowest BCUT2D eigenvalue weighted by molar-refractivity contribution is -0.130. The van der Waals surface area contributed by atoms with Crippen molar-refractivity contribution >= 4 is 21.8 Å². The second kappa shape index (κ2) is 6.60. The van der Waals surface area contributed by atoms with Crippen LogP contribution in [0.15, 0.2) is 0 Å². The summed E-state index contributed by atoms with van der Waals surface area (Å²) in [7, 11) is 0. The molecule has 0 bridgehead atoms. The number of halogens is 1. The quantitative estimate of drug-likeness (QED) is 0.738. The van der Waals surface area contributed by atoms with E-state index in [4.69, 9.17) is 0 Å². The molecule has 0 aromatic heterocycles. The Morgan fingerprint density at radius 1 is 1.25 bits per heavy atom. The Morgan fingerprint density at radius 3 is 2.19 bits per heavy atom. The van der Waals surface area contributed by atoms with Crippen LogP contribution in [0.2, 0.25) is 0 Å². The van der Waals surface area contributed by atoms with Gasteiger partial charge in [-0.2, -0.15) is 0 Å². The van der Waals surface area contributed by atoms with Gasteiger partial charge in [0.1, 0.15) is 0 Å². The summed E-state index contributed by atoms with van der Waals surface area (Å²) >= 11 is 3.59. The van der Waals surface area contributed by atoms with Crippen molar-refractivity contribution in [2.45, 2.75) is 20.8 Å². The van der Waals surface area contributed by atoms with Crippen molar-refractivity contribution in [3.8, 4) is 0 Å². The highest BCUT2D eigenvalue weighted by atomic mass is 79.9. The average molecular weight is 291 g/mol. The van der Waals surface area contributed by atoms with Crippen LogP contribution < -0.4 is 0 Å². The summed E-state index contributed by atoms with van der Waals surface area (Å²) in [6, 6.07) is 0. The highest BCUT2D eigenvalue weighted by Crippen LogP contribution is 2.16. The normalized spacial score (nSPS) is 20.2. The average Bonchev–Trinajstić information content (AvgIpc) is 2.26. The van der Waals surface area contributed by atoms with E-state index in [-0.39, 0.29) is 5.91 Å². The first-order chi connectivity index (χ1) is 7.54. The first kappa shape index (κ1) is 14.0. The molecule has 1 atom stereocenters. The molecule has 0 spiro atoms. The fraction of sp³-hybridized carbons (Fsp3) is 0.917. The Labute approximate surface area is 107 Å². The predicted molar refractivity (Wildman–Crippen MR) is 70.8 cm³/mol. The van der Waals surface area contributed by atoms with Crippen molar-refractivity contribution in [3.05, 3.63) is 0 Å². The van der Waals surface area contributed by atoms with Crippen LogP contribution in [0.5, 0.6) is 0 Å². The molecule has 1 aliphatic rings. The van der Waals surface area contributed by atoms with Crippen LogP contribution >= 0.6 is 15.9 Å². The molecule has 0 saturated carbocycles. The fourth-order valence-corrected chi connectivity index (χ4v) is 2.97. The number of nitrogens with zero attached hydrogens (tertiary/aromatic N) is 2. The molecule has 1 rings (SSSR count). The molecule has 0 aromatic carbocycles. The van der Waals surface area contributed by atoms with Gasteiger partial charge in [0.15, 0.2) is 0 Å². The topological polar surface area (TPSA) is 23.6 Å². The summed E-state index contributed by atoms with van der Waals surface area (Å²) in [6.07, 6.45) is 0. The van der Waals surface area contributed by atoms with Crippen molar-refractivity contribution < 1.29 is 4.79 Å². The monoisotopic (exact) mass is 290 g/mol. The van der Waals surface area contributed by atoms with Crippen molar-refractivity contribution in [1.82, 2.24) is 9.80 Å². The zero-order chi connectivity index (χ0) is 12.1. The van der Waals surface area contributed by atoms with Gasteiger partial charge in [0, 0.05) is 45.0 Å². The van der Waals surface area contributed by atoms with E-state index in [2.05, 4.69) is 34.7 Å². The predicted octanol–water partition coefficient (Wildman–Crippen LogP) is 1.82. The first-order valence-electron chi connectivity index (χ1n) is 6.08. The minimum Gasteiger partial charge on any atom is -0.340 e. The first-order valence-corrected chi connectivity index (χ1v) is 7.20. The van der Waals surface area contributed by atoms with E-state index in [0.29, 0.717) is 11.8 Å². The number of carbonyl (C=O) groups excluding carboxylic acids is 1. The van der Waals surface area contributed by atoms with Crippen molar-refractivity contribution in [1.29, 1.82) is 0 Å². The van der Waals surface area contributed by atoms with Crippen LogP contribution in [-0.2, 0) is 4.79 Å². The van der Waals surface area contributed by atoms with Gasteiger partial charge in [-0.05, 0) is 11.8 Å². The second-order valence-electron chi connectivity index (χ2n) is 4.97. The lowest BCUT2D eigenvalue weighted by Gasteiger charge is -2.36. The number of rotatable bonds is 4. The molecule has 1 heterocycles. The third-order valence-corrected chi connectivity index (χ3v) is 4.28. The summed E-state index contributed by atoms with van der Waals surface area (Å²) in [5.41, 5.74) is 0. The zero-order valence-electron chi connectivity index (χ0n) is 10.6. The maximum atomic E-state index is 11.2. The summed E-state index contributed by atoms with van der Waals surface area (Å²) in [5, 5.41) is 1.07. The molecule has 1 aliphatic heterocycles. The van der Waals surface area contributed by atoms with Gasteiger partial charge in [0.05, 0.1) is 0 Å². The van der Waals surface area contributed by atoms with Gasteiger partial charge in [-0.15, -0.1) is 0 Å². The van der Waals surface area contributed by atoms with Gasteiger partial charge in [-0.25, -0.2) is 0 Å². The van der Waals surface area contributed by atoms with Crippen LogP contribution in [-0.4, -0.2) is 53.8 Å². The van der Waals surface area contributed by atoms with E-state index in [1.807, 2.05) is 4.90 Å². The Bertz CT molecular complexity index is 225. The molecule has 16 heavy (non-hydrogen) atoms. The van der Waals surface area contributed by atoms with Gasteiger partial charge in [-0.3, -0.25) is 9.69 Å². The highest BCUT2D eigenvalue weighted by Gasteiger charge is 2.22. The molecule has 0 aliphatic carbocycles. The summed E-state index contributed by atoms with van der Waals surface area (Å²) in [6.45, 7) is 11.2. The summed E-state index contributed by atoms with van der Waals surface area (Å²) < 4.78 is 0. The lowest BCUT2D eigenvalue weighted by Crippen LogP contribution is -2.49. The third-order valence-electron chi connectivity index (χ3n) is 3.45. The molecule has 4 heteroatoms. The molecule has 0 N–H and O–H groups in total. The Hall–Kier alpha value is -0.0900. The van der Waals surface area contributed by atoms with E-state index >= 15 is 0 Å². The maximum Gasteiger partial charge on any atom is 0.219 e. The van der Waals surface area contributed by atoms with Gasteiger partial charge in [0.2, 0.25) is 5.91 Å². The summed E-state index contributed by atoms with van der Waals surface area (Å²) in [5.74, 6) is 1.63. The second-order valence-corrected chi connectivity index (χ2v) is 5.61. The highest BCUT2D eigenvalue weighted by molar-refractivity contribution is 9.09. The van der Waals surface area contributed by atoms with Gasteiger partial charge >= 0.3 is 0 Å². The Balaban J connectivity index is 2.33. The lowest BCUT2D eigenvalue weighted by atomic mass is 9.97. The number of hydrogen-bond donors (Lipinski definition) is 0. The summed E-state index contributed by atoms with van der Waals surface area (Å²) in [4.78, 5) is 15.6. The van der Waals surface area contributed by atoms with E-state index in [1.54, 1.807) is 6.92 Å². The van der Waals surface area contributed by atoms with E-state index in [1.165, 1.54) is 0 Å². The van der Waals surface area contributed by atoms with Crippen LogP contribution in [0.1, 0.15) is 20.8 Å². The number of piperazine rings is 1. The third kappa shape index (κ3) is 4.06. The Kier molecular flexibility index (Phi) is 5.76. The minimum atomic E-state index is 0.209. The number of carbonyl (C=O) groups is 1. The zero-order valence-corrected chi connectivity index (χ0v) is 12.2. The molecular formula is C12H23BrN2O. The molecule has 1 amide bonds. The number of alkyl halides is 1. The van der Waals surface area contributed by atoms with Crippen molar-refractivity contribution in [2.24, 2.45) is 11.8 Å². The van der Waals surface area contributed by atoms with Crippen molar-refractivity contribution in [2.75, 3.05) is 38.1 Å². The molecule has 3 nitrogen and oxygen atoms in total. The smallest absolute Gasteiger partial charge is 0.219 e. The Morgan fingerprint density at radius 2 is 1.81 bits per heavy atom. The van der Waals surface area contributed by atoms with Crippen LogP contribution in [0.3, 0.4) is 0 Å². The standard InChI is InChI=1S/C12H23BrN2O/c1-10(2)12(8-13)9-14-4-6-15(7-5-14)11(3)16/h10,12H,4-9H2,1-3H3. The van der Waals surface area contributed by atoms with E-state index < -0.39 is 0 Å². The minimum absolute atomic E-state index is 0.209. The number of hydrogen-bond acceptors (Lipinski definition) is 2. The number of amides is 1. The van der Waals surface area contributed by atoms with Gasteiger partial charge in [0.25, 0.3) is 0 Å². The molecule has 94 valence electrons. The van der Waals surface area contributed by atoms with Gasteiger partial charge in [-0.1, -0.05) is 29.8 Å². The SMILES string of the molecule is CC(=O)N1CCN(CC(CBr)C(C)C)CC1. The molecule has 1 unspecified atom stereocenters. The molecular weight excluding hydrogens is 268 g/mol. The van der Waals surface area contributed by atoms with Gasteiger partial charge < -0.3 is 4.90 Å². The largest absolute Gasteiger partial charge is 0.340 e. The molecule has 1 fully saturated rings.